The van der Waals surface area contributed by atoms with Crippen LogP contribution in [0.2, 0.25) is 0 Å². The van der Waals surface area contributed by atoms with Gasteiger partial charge in [0.1, 0.15) is 0 Å². The van der Waals surface area contributed by atoms with Gasteiger partial charge >= 0.3 is 0 Å². The molecule has 8 heavy (non-hydrogen) atoms. The zero-order chi connectivity index (χ0) is 6.57. The Morgan fingerprint density at radius 2 is 2.25 bits per heavy atom. The van der Waals surface area contributed by atoms with Gasteiger partial charge in [-0.2, -0.15) is 0 Å². The molecule has 0 aromatic rings. The van der Waals surface area contributed by atoms with Gasteiger partial charge in [0.05, 0.1) is 7.11 Å². The minimum Gasteiger partial charge on any atom is -0.274 e. The van der Waals surface area contributed by atoms with Crippen molar-refractivity contribution in [1.29, 1.82) is 0 Å². The van der Waals surface area contributed by atoms with Gasteiger partial charge in [0.2, 0.25) is 5.91 Å². The molecule has 0 unspecified atom stereocenters. The Morgan fingerprint density at radius 1 is 1.75 bits per heavy atom. The number of nitrogens with zero attached hydrogens (tertiary/aromatic N) is 1. The lowest BCUT2D eigenvalue weighted by Gasteiger charge is -2.13. The molecule has 0 aromatic carbocycles. The Bertz CT molecular complexity index is 78.5. The molecule has 0 saturated carbocycles. The van der Waals surface area contributed by atoms with Crippen molar-refractivity contribution in [2.45, 2.75) is 13.8 Å². The fraction of sp³-hybridized carbons (Fsp3) is 0.800. The van der Waals surface area contributed by atoms with Crippen molar-refractivity contribution in [3.63, 3.8) is 0 Å². The van der Waals surface area contributed by atoms with Gasteiger partial charge in [-0.3, -0.25) is 9.63 Å². The first-order chi connectivity index (χ1) is 3.72. The van der Waals surface area contributed by atoms with E-state index >= 15 is 0 Å². The topological polar surface area (TPSA) is 29.5 Å². The third-order valence-electron chi connectivity index (χ3n) is 0.859. The number of carbonyl (C=O) groups is 1. The Kier molecular flexibility index (Phi) is 3.19. The minimum absolute atomic E-state index is 0.0602. The zero-order valence-corrected chi connectivity index (χ0v) is 5.47. The second kappa shape index (κ2) is 3.43. The zero-order valence-electron chi connectivity index (χ0n) is 5.47. The number of hydroxylamine groups is 2. The van der Waals surface area contributed by atoms with E-state index in [1.807, 2.05) is 6.92 Å². The van der Waals surface area contributed by atoms with Crippen molar-refractivity contribution in [2.75, 3.05) is 13.7 Å². The highest BCUT2D eigenvalue weighted by molar-refractivity contribution is 5.71. The van der Waals surface area contributed by atoms with Crippen molar-refractivity contribution in [3.8, 4) is 0 Å². The molecule has 0 aliphatic rings. The monoisotopic (exact) mass is 117 g/mol. The fourth-order valence-electron chi connectivity index (χ4n) is 0.480. The van der Waals surface area contributed by atoms with Crippen LogP contribution in [-0.2, 0) is 9.63 Å². The van der Waals surface area contributed by atoms with Gasteiger partial charge < -0.3 is 0 Å². The summed E-state index contributed by atoms with van der Waals surface area (Å²) in [5, 5.41) is 1.28. The lowest BCUT2D eigenvalue weighted by atomic mass is 10.6. The second-order valence-corrected chi connectivity index (χ2v) is 1.40. The van der Waals surface area contributed by atoms with Crippen LogP contribution in [0.25, 0.3) is 0 Å². The van der Waals surface area contributed by atoms with E-state index in [4.69, 9.17) is 0 Å². The lowest BCUT2D eigenvalue weighted by Crippen LogP contribution is -2.26. The summed E-state index contributed by atoms with van der Waals surface area (Å²) in [4.78, 5) is 15.1. The van der Waals surface area contributed by atoms with Gasteiger partial charge in [0.15, 0.2) is 0 Å². The largest absolute Gasteiger partial charge is 0.274 e. The molecule has 0 atom stereocenters. The van der Waals surface area contributed by atoms with Gasteiger partial charge in [0, 0.05) is 13.5 Å². The maximum Gasteiger partial charge on any atom is 0.242 e. The molecule has 0 spiro atoms. The first-order valence-electron chi connectivity index (χ1n) is 2.54. The first kappa shape index (κ1) is 7.43. The molecule has 0 aliphatic carbocycles. The van der Waals surface area contributed by atoms with Crippen LogP contribution in [0, 0.1) is 0 Å². The van der Waals surface area contributed by atoms with E-state index in [0.29, 0.717) is 6.54 Å². The lowest BCUT2D eigenvalue weighted by molar-refractivity contribution is -0.172. The van der Waals surface area contributed by atoms with E-state index < -0.39 is 0 Å². The van der Waals surface area contributed by atoms with Gasteiger partial charge in [0.25, 0.3) is 0 Å². The third kappa shape index (κ3) is 1.93. The van der Waals surface area contributed by atoms with Crippen molar-refractivity contribution < 1.29 is 9.63 Å². The number of hydrogen-bond donors (Lipinski definition) is 0. The number of carbonyl (C=O) groups excluding carboxylic acids is 1. The van der Waals surface area contributed by atoms with Crippen molar-refractivity contribution in [3.05, 3.63) is 0 Å². The Balaban J connectivity index is 3.52. The van der Waals surface area contributed by atoms with Crippen LogP contribution < -0.4 is 0 Å². The van der Waals surface area contributed by atoms with Crippen LogP contribution >= 0.6 is 0 Å². The van der Waals surface area contributed by atoms with Crippen molar-refractivity contribution in [1.82, 2.24) is 5.06 Å². The van der Waals surface area contributed by atoms with Crippen LogP contribution in [0.15, 0.2) is 0 Å². The summed E-state index contributed by atoms with van der Waals surface area (Å²) in [5.41, 5.74) is 0. The summed E-state index contributed by atoms with van der Waals surface area (Å²) in [6.45, 7) is 3.92. The fourth-order valence-corrected chi connectivity index (χ4v) is 0.480. The van der Waals surface area contributed by atoms with Crippen LogP contribution in [0.1, 0.15) is 13.8 Å². The van der Waals surface area contributed by atoms with Gasteiger partial charge in [-0.15, -0.1) is 0 Å². The molecule has 0 aromatic heterocycles. The normalized spacial score (nSPS) is 8.88. The Hall–Kier alpha value is -0.570. The van der Waals surface area contributed by atoms with E-state index in [0.717, 1.165) is 0 Å². The highest BCUT2D eigenvalue weighted by Gasteiger charge is 2.00. The highest BCUT2D eigenvalue weighted by Crippen LogP contribution is 1.85. The van der Waals surface area contributed by atoms with Crippen LogP contribution in [-0.4, -0.2) is 24.6 Å². The summed E-state index contributed by atoms with van der Waals surface area (Å²) in [7, 11) is 1.48. The molecule has 48 valence electrons. The average Bonchev–Trinajstić information content (AvgIpc) is 1.69. The van der Waals surface area contributed by atoms with E-state index in [1.165, 1.54) is 19.1 Å². The summed E-state index contributed by atoms with van der Waals surface area (Å²) in [5.74, 6) is -0.0602. The molecule has 0 saturated heterocycles. The highest BCUT2D eigenvalue weighted by atomic mass is 16.7. The maximum absolute atomic E-state index is 10.4. The molecule has 3 nitrogen and oxygen atoms in total. The Morgan fingerprint density at radius 3 is 2.25 bits per heavy atom. The third-order valence-corrected chi connectivity index (χ3v) is 0.859. The molecule has 0 rings (SSSR count). The van der Waals surface area contributed by atoms with E-state index in [1.54, 1.807) is 0 Å². The van der Waals surface area contributed by atoms with Gasteiger partial charge in [-0.25, -0.2) is 5.06 Å². The van der Waals surface area contributed by atoms with Crippen molar-refractivity contribution in [2.24, 2.45) is 0 Å². The molecule has 1 amide bonds. The second-order valence-electron chi connectivity index (χ2n) is 1.40. The molecule has 0 aliphatic heterocycles. The molecule has 0 bridgehead atoms. The van der Waals surface area contributed by atoms with E-state index in [-0.39, 0.29) is 5.91 Å². The van der Waals surface area contributed by atoms with Crippen molar-refractivity contribution >= 4 is 5.91 Å². The quantitative estimate of drug-likeness (QED) is 0.490. The van der Waals surface area contributed by atoms with Gasteiger partial charge in [-0.1, -0.05) is 0 Å². The predicted octanol–water partition coefficient (Wildman–Crippen LogP) is 0.416. The molecule has 0 heterocycles. The number of rotatable bonds is 2. The smallest absolute Gasteiger partial charge is 0.242 e. The van der Waals surface area contributed by atoms with E-state index in [2.05, 4.69) is 4.84 Å². The average molecular weight is 117 g/mol. The maximum atomic E-state index is 10.4. The van der Waals surface area contributed by atoms with Crippen LogP contribution in [0.4, 0.5) is 0 Å². The number of amides is 1. The SMILES string of the molecule is CCN(OC)C(C)=O. The molecular weight excluding hydrogens is 106 g/mol. The summed E-state index contributed by atoms with van der Waals surface area (Å²) < 4.78 is 0. The number of hydrogen-bond acceptors (Lipinski definition) is 2. The molecule has 3 heteroatoms. The molecule has 0 fully saturated rings. The first-order valence-corrected chi connectivity index (χ1v) is 2.54. The Labute approximate surface area is 49.2 Å². The predicted molar refractivity (Wildman–Crippen MR) is 30.1 cm³/mol. The summed E-state index contributed by atoms with van der Waals surface area (Å²) >= 11 is 0. The van der Waals surface area contributed by atoms with E-state index in [9.17, 15) is 4.79 Å². The molecule has 0 N–H and O–H groups in total. The summed E-state index contributed by atoms with van der Waals surface area (Å²) in [6.07, 6.45) is 0. The molecule has 0 radical (unpaired) electrons. The van der Waals surface area contributed by atoms with Crippen LogP contribution in [0.3, 0.4) is 0 Å². The summed E-state index contributed by atoms with van der Waals surface area (Å²) in [6, 6.07) is 0. The van der Waals surface area contributed by atoms with Crippen LogP contribution in [0.5, 0.6) is 0 Å². The standard InChI is InChI=1S/C5H11NO2/c1-4-6(8-3)5(2)7/h4H2,1-3H3. The minimum atomic E-state index is -0.0602. The molecular formula is C5H11NO2. The van der Waals surface area contributed by atoms with Gasteiger partial charge in [-0.05, 0) is 6.92 Å².